The second-order valence-electron chi connectivity index (χ2n) is 6.02. The van der Waals surface area contributed by atoms with Crippen molar-refractivity contribution in [2.24, 2.45) is 17.1 Å². The van der Waals surface area contributed by atoms with E-state index in [1.54, 1.807) is 0 Å². The second-order valence-corrected chi connectivity index (χ2v) is 6.02. The molecule has 0 bridgehead atoms. The maximum atomic E-state index is 12.6. The van der Waals surface area contributed by atoms with Crippen molar-refractivity contribution in [2.45, 2.75) is 52.4 Å². The maximum Gasteiger partial charge on any atom is 0.324 e. The SMILES string of the molecule is CC(C)(C)C(CCN)CCC(=O)NCC(F)(F)C(F)F. The van der Waals surface area contributed by atoms with Gasteiger partial charge in [-0.25, -0.2) is 8.78 Å². The third-order valence-corrected chi connectivity index (χ3v) is 3.30. The Morgan fingerprint density at radius 2 is 1.75 bits per heavy atom. The number of alkyl halides is 4. The highest BCUT2D eigenvalue weighted by atomic mass is 19.3. The molecule has 1 unspecified atom stereocenters. The number of carbonyl (C=O) groups is 1. The summed E-state index contributed by atoms with van der Waals surface area (Å²) in [5, 5.41) is 1.85. The van der Waals surface area contributed by atoms with Gasteiger partial charge in [0.2, 0.25) is 5.91 Å². The van der Waals surface area contributed by atoms with Crippen molar-refractivity contribution in [2.75, 3.05) is 13.1 Å². The minimum atomic E-state index is -4.18. The van der Waals surface area contributed by atoms with E-state index >= 15 is 0 Å². The molecular formula is C13H24F4N2O. The predicted molar refractivity (Wildman–Crippen MR) is 69.8 cm³/mol. The molecule has 0 aromatic heterocycles. The molecule has 0 saturated carbocycles. The summed E-state index contributed by atoms with van der Waals surface area (Å²) in [6, 6.07) is 0. The van der Waals surface area contributed by atoms with Gasteiger partial charge in [0.25, 0.3) is 0 Å². The van der Waals surface area contributed by atoms with Crippen LogP contribution in [0.15, 0.2) is 0 Å². The summed E-state index contributed by atoms with van der Waals surface area (Å²) in [7, 11) is 0. The molecule has 0 aromatic rings. The van der Waals surface area contributed by atoms with E-state index in [1.165, 1.54) is 0 Å². The summed E-state index contributed by atoms with van der Waals surface area (Å²) in [6.45, 7) is 5.18. The lowest BCUT2D eigenvalue weighted by Crippen LogP contribution is -2.41. The van der Waals surface area contributed by atoms with Gasteiger partial charge in [0, 0.05) is 6.42 Å². The van der Waals surface area contributed by atoms with Gasteiger partial charge in [0.05, 0.1) is 6.54 Å². The lowest BCUT2D eigenvalue weighted by atomic mass is 9.76. The highest BCUT2D eigenvalue weighted by Crippen LogP contribution is 2.32. The van der Waals surface area contributed by atoms with Crippen LogP contribution in [0.5, 0.6) is 0 Å². The third kappa shape index (κ3) is 7.07. The molecule has 0 radical (unpaired) electrons. The number of nitrogens with two attached hydrogens (primary N) is 1. The Bertz CT molecular complexity index is 303. The number of rotatable bonds is 8. The average Bonchev–Trinajstić information content (AvgIpc) is 2.30. The first-order valence-electron chi connectivity index (χ1n) is 6.63. The van der Waals surface area contributed by atoms with Crippen molar-refractivity contribution in [1.29, 1.82) is 0 Å². The van der Waals surface area contributed by atoms with E-state index in [2.05, 4.69) is 0 Å². The zero-order valence-corrected chi connectivity index (χ0v) is 12.2. The van der Waals surface area contributed by atoms with Crippen LogP contribution < -0.4 is 11.1 Å². The van der Waals surface area contributed by atoms with Crippen molar-refractivity contribution in [3.8, 4) is 0 Å². The van der Waals surface area contributed by atoms with Crippen LogP contribution in [0.1, 0.15) is 40.0 Å². The van der Waals surface area contributed by atoms with Crippen LogP contribution in [-0.2, 0) is 4.79 Å². The highest BCUT2D eigenvalue weighted by Gasteiger charge is 2.40. The molecule has 120 valence electrons. The van der Waals surface area contributed by atoms with E-state index in [0.29, 0.717) is 13.0 Å². The summed E-state index contributed by atoms with van der Waals surface area (Å²) < 4.78 is 49.1. The molecule has 0 saturated heterocycles. The van der Waals surface area contributed by atoms with E-state index in [1.807, 2.05) is 26.1 Å². The first kappa shape index (κ1) is 19.1. The maximum absolute atomic E-state index is 12.6. The Balaban J connectivity index is 4.21. The van der Waals surface area contributed by atoms with Crippen LogP contribution in [0.25, 0.3) is 0 Å². The first-order valence-corrected chi connectivity index (χ1v) is 6.63. The molecule has 0 heterocycles. The Kier molecular flexibility index (Phi) is 7.47. The van der Waals surface area contributed by atoms with E-state index in [9.17, 15) is 22.4 Å². The number of amides is 1. The van der Waals surface area contributed by atoms with Crippen molar-refractivity contribution in [1.82, 2.24) is 5.32 Å². The summed E-state index contributed by atoms with van der Waals surface area (Å²) >= 11 is 0. The van der Waals surface area contributed by atoms with E-state index in [-0.39, 0.29) is 17.8 Å². The van der Waals surface area contributed by atoms with Crippen molar-refractivity contribution >= 4 is 5.91 Å². The lowest BCUT2D eigenvalue weighted by molar-refractivity contribution is -0.136. The van der Waals surface area contributed by atoms with Gasteiger partial charge in [-0.2, -0.15) is 8.78 Å². The zero-order chi connectivity index (χ0) is 16.0. The van der Waals surface area contributed by atoms with Gasteiger partial charge in [0.1, 0.15) is 0 Å². The number of hydrogen-bond acceptors (Lipinski definition) is 2. The Morgan fingerprint density at radius 1 is 1.20 bits per heavy atom. The fourth-order valence-electron chi connectivity index (χ4n) is 1.90. The summed E-state index contributed by atoms with van der Waals surface area (Å²) in [4.78, 5) is 11.4. The van der Waals surface area contributed by atoms with Crippen LogP contribution in [-0.4, -0.2) is 31.3 Å². The molecule has 1 atom stereocenters. The van der Waals surface area contributed by atoms with Gasteiger partial charge < -0.3 is 11.1 Å². The Hall–Kier alpha value is -0.850. The fraction of sp³-hybridized carbons (Fsp3) is 0.923. The molecule has 0 aliphatic heterocycles. The van der Waals surface area contributed by atoms with Gasteiger partial charge in [-0.3, -0.25) is 4.79 Å². The van der Waals surface area contributed by atoms with Gasteiger partial charge in [0.15, 0.2) is 0 Å². The summed E-state index contributed by atoms with van der Waals surface area (Å²) in [5.74, 6) is -4.65. The fourth-order valence-corrected chi connectivity index (χ4v) is 1.90. The summed E-state index contributed by atoms with van der Waals surface area (Å²) in [6.07, 6.45) is -2.53. The largest absolute Gasteiger partial charge is 0.350 e. The molecule has 1 amide bonds. The van der Waals surface area contributed by atoms with Gasteiger partial charge in [-0.1, -0.05) is 20.8 Å². The molecule has 0 spiro atoms. The number of carbonyl (C=O) groups excluding carboxylic acids is 1. The van der Waals surface area contributed by atoms with E-state index < -0.39 is 24.8 Å². The molecule has 0 aliphatic carbocycles. The standard InChI is InChI=1S/C13H24F4N2O/c1-12(2,3)9(6-7-18)4-5-10(20)19-8-13(16,17)11(14)15/h9,11H,4-8,18H2,1-3H3,(H,19,20). The van der Waals surface area contributed by atoms with Crippen LogP contribution in [0.2, 0.25) is 0 Å². The number of halogens is 4. The Morgan fingerprint density at radius 3 is 2.15 bits per heavy atom. The zero-order valence-electron chi connectivity index (χ0n) is 12.2. The van der Waals surface area contributed by atoms with Crippen LogP contribution in [0.4, 0.5) is 17.6 Å². The molecule has 7 heteroatoms. The van der Waals surface area contributed by atoms with Crippen LogP contribution in [0.3, 0.4) is 0 Å². The van der Waals surface area contributed by atoms with Gasteiger partial charge >= 0.3 is 12.3 Å². The summed E-state index contributed by atoms with van der Waals surface area (Å²) in [5.41, 5.74) is 5.45. The van der Waals surface area contributed by atoms with Crippen LogP contribution in [0, 0.1) is 11.3 Å². The van der Waals surface area contributed by atoms with Crippen LogP contribution >= 0.6 is 0 Å². The first-order chi connectivity index (χ1) is 9.00. The van der Waals surface area contributed by atoms with Crippen molar-refractivity contribution in [3.63, 3.8) is 0 Å². The molecule has 3 nitrogen and oxygen atoms in total. The van der Waals surface area contributed by atoms with Crippen molar-refractivity contribution in [3.05, 3.63) is 0 Å². The number of nitrogens with one attached hydrogen (secondary N) is 1. The minimum Gasteiger partial charge on any atom is -0.350 e. The third-order valence-electron chi connectivity index (χ3n) is 3.30. The molecular weight excluding hydrogens is 276 g/mol. The average molecular weight is 300 g/mol. The van der Waals surface area contributed by atoms with E-state index in [0.717, 1.165) is 6.42 Å². The normalized spacial score (nSPS) is 14.4. The molecule has 0 aliphatic rings. The predicted octanol–water partition coefficient (Wildman–Crippen LogP) is 2.79. The van der Waals surface area contributed by atoms with Gasteiger partial charge in [-0.05, 0) is 30.7 Å². The second kappa shape index (κ2) is 7.81. The number of hydrogen-bond donors (Lipinski definition) is 2. The molecule has 3 N–H and O–H groups in total. The highest BCUT2D eigenvalue weighted by molar-refractivity contribution is 5.75. The van der Waals surface area contributed by atoms with Crippen molar-refractivity contribution < 1.29 is 22.4 Å². The smallest absolute Gasteiger partial charge is 0.324 e. The topological polar surface area (TPSA) is 55.1 Å². The molecule has 0 aromatic carbocycles. The van der Waals surface area contributed by atoms with E-state index in [4.69, 9.17) is 5.73 Å². The Labute approximate surface area is 117 Å². The van der Waals surface area contributed by atoms with Gasteiger partial charge in [-0.15, -0.1) is 0 Å². The monoisotopic (exact) mass is 300 g/mol. The lowest BCUT2D eigenvalue weighted by Gasteiger charge is -2.30. The minimum absolute atomic E-state index is 0.0290. The molecule has 20 heavy (non-hydrogen) atoms. The quantitative estimate of drug-likeness (QED) is 0.677. The molecule has 0 fully saturated rings. The molecule has 0 rings (SSSR count).